The second-order valence-corrected chi connectivity index (χ2v) is 5.41. The summed E-state index contributed by atoms with van der Waals surface area (Å²) in [6, 6.07) is 14.6. The minimum absolute atomic E-state index is 0.435. The van der Waals surface area contributed by atoms with Gasteiger partial charge in [0.25, 0.3) is 0 Å². The van der Waals surface area contributed by atoms with E-state index in [1.807, 2.05) is 30.3 Å². The molecule has 1 N–H and O–H groups in total. The molecule has 0 atom stereocenters. The zero-order valence-corrected chi connectivity index (χ0v) is 12.5. The van der Waals surface area contributed by atoms with Crippen LogP contribution in [-0.2, 0) is 0 Å². The molecule has 0 saturated carbocycles. The number of halogens is 1. The predicted molar refractivity (Wildman–Crippen MR) is 88.3 cm³/mol. The number of nitrogens with one attached hydrogen (secondary N) is 1. The van der Waals surface area contributed by atoms with Gasteiger partial charge in [-0.3, -0.25) is 0 Å². The van der Waals surface area contributed by atoms with Gasteiger partial charge in [-0.1, -0.05) is 35.9 Å². The van der Waals surface area contributed by atoms with Crippen LogP contribution in [0.5, 0.6) is 0 Å². The Morgan fingerprint density at radius 3 is 2.83 bits per heavy atom. The first-order valence-corrected chi connectivity index (χ1v) is 7.28. The van der Waals surface area contributed by atoms with E-state index in [0.717, 1.165) is 16.6 Å². The van der Waals surface area contributed by atoms with Gasteiger partial charge in [-0.25, -0.2) is 9.78 Å². The van der Waals surface area contributed by atoms with Gasteiger partial charge in [-0.05, 0) is 24.3 Å². The number of hydrogen-bond donors (Lipinski definition) is 1. The summed E-state index contributed by atoms with van der Waals surface area (Å²) in [4.78, 5) is 22.8. The first-order chi connectivity index (χ1) is 11.2. The Hall–Kier alpha value is -2.92. The summed E-state index contributed by atoms with van der Waals surface area (Å²) >= 11 is 6.21. The van der Waals surface area contributed by atoms with Gasteiger partial charge in [-0.2, -0.15) is 4.98 Å². The Balaban J connectivity index is 1.89. The van der Waals surface area contributed by atoms with Crippen LogP contribution >= 0.6 is 11.6 Å². The average molecular weight is 324 g/mol. The van der Waals surface area contributed by atoms with E-state index in [9.17, 15) is 4.79 Å². The summed E-state index contributed by atoms with van der Waals surface area (Å²) in [7, 11) is 0. The minimum atomic E-state index is -0.435. The van der Waals surface area contributed by atoms with Crippen LogP contribution in [0.25, 0.3) is 33.6 Å². The monoisotopic (exact) mass is 323 g/mol. The molecule has 112 valence electrons. The first-order valence-electron chi connectivity index (χ1n) is 6.90. The van der Waals surface area contributed by atoms with Crippen molar-refractivity contribution in [3.05, 3.63) is 70.4 Å². The number of nitrogens with zero attached hydrogens (tertiary/aromatic N) is 2. The smallest absolute Gasteiger partial charge is 0.345 e. The molecule has 0 fully saturated rings. The molecule has 0 saturated heterocycles. The number of H-pyrrole nitrogens is 1. The summed E-state index contributed by atoms with van der Waals surface area (Å²) in [6.45, 7) is 0. The third kappa shape index (κ3) is 2.51. The van der Waals surface area contributed by atoms with Crippen molar-refractivity contribution in [3.8, 4) is 22.5 Å². The van der Waals surface area contributed by atoms with Crippen LogP contribution in [0.15, 0.2) is 64.1 Å². The van der Waals surface area contributed by atoms with Crippen LogP contribution in [-0.4, -0.2) is 15.0 Å². The maximum absolute atomic E-state index is 11.9. The predicted octanol–water partition coefficient (Wildman–Crippen LogP) is 3.90. The lowest BCUT2D eigenvalue weighted by Crippen LogP contribution is -2.12. The molecule has 0 amide bonds. The van der Waals surface area contributed by atoms with E-state index in [-0.39, 0.29) is 0 Å². The molecule has 0 aliphatic rings. The quantitative estimate of drug-likeness (QED) is 0.607. The van der Waals surface area contributed by atoms with Gasteiger partial charge in [0.2, 0.25) is 0 Å². The highest BCUT2D eigenvalue weighted by molar-refractivity contribution is 6.33. The van der Waals surface area contributed by atoms with E-state index in [2.05, 4.69) is 15.0 Å². The van der Waals surface area contributed by atoms with Crippen LogP contribution < -0.4 is 5.69 Å². The van der Waals surface area contributed by atoms with Gasteiger partial charge in [0.05, 0.1) is 11.4 Å². The summed E-state index contributed by atoms with van der Waals surface area (Å²) in [5.74, 6) is 0. The molecule has 0 aliphatic heterocycles. The van der Waals surface area contributed by atoms with E-state index >= 15 is 0 Å². The lowest BCUT2D eigenvalue weighted by Gasteiger charge is -2.06. The number of aromatic nitrogens is 3. The largest absolute Gasteiger partial charge is 0.443 e. The van der Waals surface area contributed by atoms with Gasteiger partial charge in [0.1, 0.15) is 5.52 Å². The number of fused-ring (bicyclic) bond motifs is 1. The van der Waals surface area contributed by atoms with Gasteiger partial charge >= 0.3 is 5.69 Å². The normalized spacial score (nSPS) is 11.0. The van der Waals surface area contributed by atoms with Crippen molar-refractivity contribution in [2.45, 2.75) is 0 Å². The minimum Gasteiger partial charge on any atom is -0.443 e. The van der Waals surface area contributed by atoms with Gasteiger partial charge in [0, 0.05) is 16.1 Å². The lowest BCUT2D eigenvalue weighted by atomic mass is 10.1. The third-order valence-corrected chi connectivity index (χ3v) is 3.87. The highest BCUT2D eigenvalue weighted by Gasteiger charge is 2.09. The van der Waals surface area contributed by atoms with Crippen LogP contribution in [0.2, 0.25) is 5.02 Å². The molecule has 4 aromatic rings. The molecule has 2 aromatic carbocycles. The fourth-order valence-electron chi connectivity index (χ4n) is 2.44. The standard InChI is InChI=1S/C17H10ClN3O2/c18-12-4-2-1-3-11(12)15-8-14(20-17(22)21-15)10-5-6-13-16(7-10)23-9-19-13/h1-9H,(H,20,21,22). The molecular weight excluding hydrogens is 314 g/mol. The van der Waals surface area contributed by atoms with Crippen molar-refractivity contribution < 1.29 is 4.42 Å². The number of oxazole rings is 1. The number of aromatic amines is 1. The van der Waals surface area contributed by atoms with Crippen molar-refractivity contribution in [1.82, 2.24) is 15.0 Å². The van der Waals surface area contributed by atoms with E-state index in [1.165, 1.54) is 6.39 Å². The van der Waals surface area contributed by atoms with Crippen molar-refractivity contribution in [2.75, 3.05) is 0 Å². The number of rotatable bonds is 2. The van der Waals surface area contributed by atoms with Gasteiger partial charge < -0.3 is 9.40 Å². The Morgan fingerprint density at radius 2 is 1.96 bits per heavy atom. The molecule has 0 radical (unpaired) electrons. The van der Waals surface area contributed by atoms with Crippen molar-refractivity contribution in [1.29, 1.82) is 0 Å². The second kappa shape index (κ2) is 5.37. The molecule has 4 rings (SSSR count). The van der Waals surface area contributed by atoms with Crippen LogP contribution in [0.4, 0.5) is 0 Å². The highest BCUT2D eigenvalue weighted by atomic mass is 35.5. The fourth-order valence-corrected chi connectivity index (χ4v) is 2.68. The SMILES string of the molecule is O=c1nc(-c2ccc3ncoc3c2)cc(-c2ccccc2Cl)[nH]1. The molecule has 2 heterocycles. The zero-order chi connectivity index (χ0) is 15.8. The first kappa shape index (κ1) is 13.7. The summed E-state index contributed by atoms with van der Waals surface area (Å²) in [5, 5.41) is 0.561. The molecule has 0 aliphatic carbocycles. The topological polar surface area (TPSA) is 71.8 Å². The molecular formula is C17H10ClN3O2. The highest BCUT2D eigenvalue weighted by Crippen LogP contribution is 2.28. The molecule has 0 spiro atoms. The molecule has 23 heavy (non-hydrogen) atoms. The van der Waals surface area contributed by atoms with Crippen LogP contribution in [0.1, 0.15) is 0 Å². The zero-order valence-electron chi connectivity index (χ0n) is 11.8. The van der Waals surface area contributed by atoms with Crippen LogP contribution in [0.3, 0.4) is 0 Å². The summed E-state index contributed by atoms with van der Waals surface area (Å²) in [5.41, 5.74) is 3.64. The summed E-state index contributed by atoms with van der Waals surface area (Å²) < 4.78 is 5.30. The van der Waals surface area contributed by atoms with Gasteiger partial charge in [-0.15, -0.1) is 0 Å². The Morgan fingerprint density at radius 1 is 1.09 bits per heavy atom. The third-order valence-electron chi connectivity index (χ3n) is 3.54. The van der Waals surface area contributed by atoms with E-state index in [4.69, 9.17) is 16.0 Å². The van der Waals surface area contributed by atoms with Crippen LogP contribution in [0, 0.1) is 0 Å². The Labute approximate surface area is 135 Å². The summed E-state index contributed by atoms with van der Waals surface area (Å²) in [6.07, 6.45) is 1.38. The van der Waals surface area contributed by atoms with E-state index < -0.39 is 5.69 Å². The molecule has 0 bridgehead atoms. The van der Waals surface area contributed by atoms with Crippen molar-refractivity contribution >= 4 is 22.7 Å². The molecule has 6 heteroatoms. The second-order valence-electron chi connectivity index (χ2n) is 5.00. The lowest BCUT2D eigenvalue weighted by molar-refractivity contribution is 0.602. The van der Waals surface area contributed by atoms with Crippen molar-refractivity contribution in [3.63, 3.8) is 0 Å². The van der Waals surface area contributed by atoms with Gasteiger partial charge in [0.15, 0.2) is 12.0 Å². The van der Waals surface area contributed by atoms with E-state index in [0.29, 0.717) is 22.0 Å². The fraction of sp³-hybridized carbons (Fsp3) is 0. The average Bonchev–Trinajstić information content (AvgIpc) is 3.02. The molecule has 2 aromatic heterocycles. The number of hydrogen-bond acceptors (Lipinski definition) is 4. The molecule has 5 nitrogen and oxygen atoms in total. The maximum Gasteiger partial charge on any atom is 0.345 e. The van der Waals surface area contributed by atoms with E-state index in [1.54, 1.807) is 18.2 Å². The molecule has 0 unspecified atom stereocenters. The van der Waals surface area contributed by atoms with Crippen molar-refractivity contribution in [2.24, 2.45) is 0 Å². The Kier molecular flexibility index (Phi) is 3.20. The Bertz CT molecular complexity index is 1070. The number of benzene rings is 2. The maximum atomic E-state index is 11.9.